The summed E-state index contributed by atoms with van der Waals surface area (Å²) in [5.41, 5.74) is 9.22. The Balaban J connectivity index is 2.97. The second kappa shape index (κ2) is 8.74. The van der Waals surface area contributed by atoms with Gasteiger partial charge in [-0.2, -0.15) is 0 Å². The number of hydrogen-bond donors (Lipinski definition) is 0. The number of allylic oxidation sites excluding steroid dienone is 4. The van der Waals surface area contributed by atoms with Crippen molar-refractivity contribution in [1.29, 1.82) is 0 Å². The fourth-order valence-electron chi connectivity index (χ4n) is 6.20. The third kappa shape index (κ3) is 3.38. The largest absolute Gasteiger partial charge is 0.106 e. The highest BCUT2D eigenvalue weighted by Gasteiger charge is 2.58. The number of rotatable bonds is 8. The van der Waals surface area contributed by atoms with Crippen LogP contribution in [0.4, 0.5) is 0 Å². The summed E-state index contributed by atoms with van der Waals surface area (Å²) in [6.45, 7) is 24.3. The Labute approximate surface area is 176 Å². The topological polar surface area (TPSA) is 0 Å². The molecule has 1 aliphatic rings. The quantitative estimate of drug-likeness (QED) is 0.389. The molecule has 1 aromatic carbocycles. The highest BCUT2D eigenvalue weighted by molar-refractivity contribution is 6.97. The lowest BCUT2D eigenvalue weighted by Crippen LogP contribution is -2.62. The highest BCUT2D eigenvalue weighted by Crippen LogP contribution is 2.61. The van der Waals surface area contributed by atoms with Gasteiger partial charge in [0.15, 0.2) is 0 Å². The summed E-state index contributed by atoms with van der Waals surface area (Å²) >= 11 is 0. The molecule has 0 amide bonds. The van der Waals surface area contributed by atoms with Crippen molar-refractivity contribution in [3.05, 3.63) is 52.1 Å². The minimum Gasteiger partial charge on any atom is -0.0737 e. The molecule has 0 heterocycles. The minimum absolute atomic E-state index is 0.198. The number of benzene rings is 1. The van der Waals surface area contributed by atoms with Gasteiger partial charge < -0.3 is 0 Å². The molecule has 0 saturated heterocycles. The summed E-state index contributed by atoms with van der Waals surface area (Å²) in [5.74, 6) is 0. The van der Waals surface area contributed by atoms with Gasteiger partial charge in [-0.05, 0) is 61.4 Å². The van der Waals surface area contributed by atoms with Gasteiger partial charge in [-0.25, -0.2) is 0 Å². The number of hydrogen-bond acceptors (Lipinski definition) is 0. The second-order valence-corrected chi connectivity index (χ2v) is 14.8. The van der Waals surface area contributed by atoms with Gasteiger partial charge in [0.25, 0.3) is 0 Å². The zero-order valence-corrected chi connectivity index (χ0v) is 21.3. The highest BCUT2D eigenvalue weighted by atomic mass is 28.3. The van der Waals surface area contributed by atoms with Gasteiger partial charge in [0.05, 0.1) is 0 Å². The van der Waals surface area contributed by atoms with E-state index in [1.165, 1.54) is 35.1 Å². The lowest BCUT2D eigenvalue weighted by atomic mass is 10.0. The summed E-state index contributed by atoms with van der Waals surface area (Å²) < 4.78 is 0. The summed E-state index contributed by atoms with van der Waals surface area (Å²) in [6, 6.07) is 7.67. The van der Waals surface area contributed by atoms with Crippen LogP contribution in [0.15, 0.2) is 41.0 Å². The number of aryl methyl sites for hydroxylation is 2. The van der Waals surface area contributed by atoms with Gasteiger partial charge in [-0.3, -0.25) is 0 Å². The average molecular weight is 397 g/mol. The van der Waals surface area contributed by atoms with Gasteiger partial charge in [0.2, 0.25) is 0 Å². The SMILES string of the molecule is CCc1cc(CC)cc([Si](C(C)CC)(C(C)CC)C2(C)C=C(C)C(C)=C2C)c1. The Morgan fingerprint density at radius 2 is 1.29 bits per heavy atom. The Morgan fingerprint density at radius 3 is 1.61 bits per heavy atom. The smallest absolute Gasteiger partial charge is 0.0737 e. The summed E-state index contributed by atoms with van der Waals surface area (Å²) in [7, 11) is -1.95. The zero-order chi connectivity index (χ0) is 21.3. The molecule has 3 atom stereocenters. The van der Waals surface area contributed by atoms with Crippen LogP contribution in [0.25, 0.3) is 0 Å². The van der Waals surface area contributed by atoms with Crippen LogP contribution >= 0.6 is 0 Å². The van der Waals surface area contributed by atoms with E-state index < -0.39 is 8.07 Å². The van der Waals surface area contributed by atoms with Crippen LogP contribution < -0.4 is 5.19 Å². The van der Waals surface area contributed by atoms with Crippen molar-refractivity contribution in [2.75, 3.05) is 0 Å². The molecule has 0 nitrogen and oxygen atoms in total. The maximum absolute atomic E-state index is 2.67. The van der Waals surface area contributed by atoms with Gasteiger partial charge in [-0.1, -0.05) is 102 Å². The molecule has 0 fully saturated rings. The van der Waals surface area contributed by atoms with E-state index >= 15 is 0 Å². The van der Waals surface area contributed by atoms with E-state index in [0.29, 0.717) is 0 Å². The Bertz CT molecular complexity index is 734. The molecule has 0 aliphatic heterocycles. The predicted molar refractivity (Wildman–Crippen MR) is 131 cm³/mol. The maximum Gasteiger partial charge on any atom is 0.106 e. The molecule has 0 N–H and O–H groups in total. The molecular weight excluding hydrogens is 352 g/mol. The van der Waals surface area contributed by atoms with E-state index in [2.05, 4.69) is 93.5 Å². The van der Waals surface area contributed by atoms with Crippen LogP contribution in [0.5, 0.6) is 0 Å². The monoisotopic (exact) mass is 396 g/mol. The van der Waals surface area contributed by atoms with Gasteiger partial charge in [-0.15, -0.1) is 0 Å². The maximum atomic E-state index is 2.67. The lowest BCUT2D eigenvalue weighted by Gasteiger charge is -2.53. The van der Waals surface area contributed by atoms with Crippen molar-refractivity contribution in [2.45, 2.75) is 111 Å². The van der Waals surface area contributed by atoms with Crippen LogP contribution in [-0.2, 0) is 12.8 Å². The van der Waals surface area contributed by atoms with Gasteiger partial charge in [0.1, 0.15) is 8.07 Å². The average Bonchev–Trinajstić information content (AvgIpc) is 2.90. The minimum atomic E-state index is -1.95. The van der Waals surface area contributed by atoms with E-state index in [1.807, 2.05) is 0 Å². The first-order valence-electron chi connectivity index (χ1n) is 11.6. The molecule has 0 spiro atoms. The molecule has 0 bridgehead atoms. The summed E-state index contributed by atoms with van der Waals surface area (Å²) in [6.07, 6.45) is 7.47. The normalized spacial score (nSPS) is 24.1. The first-order chi connectivity index (χ1) is 13.1. The van der Waals surface area contributed by atoms with E-state index in [-0.39, 0.29) is 5.04 Å². The Kier molecular flexibility index (Phi) is 7.24. The van der Waals surface area contributed by atoms with Gasteiger partial charge >= 0.3 is 0 Å². The van der Waals surface area contributed by atoms with Crippen molar-refractivity contribution < 1.29 is 0 Å². The van der Waals surface area contributed by atoms with Crippen molar-refractivity contribution in [1.82, 2.24) is 0 Å². The predicted octanol–water partition coefficient (Wildman–Crippen LogP) is 8.12. The molecule has 1 aliphatic carbocycles. The van der Waals surface area contributed by atoms with Crippen LogP contribution in [0, 0.1) is 0 Å². The summed E-state index contributed by atoms with van der Waals surface area (Å²) in [4.78, 5) is 0. The van der Waals surface area contributed by atoms with Crippen molar-refractivity contribution in [3.63, 3.8) is 0 Å². The molecule has 0 radical (unpaired) electrons. The zero-order valence-electron chi connectivity index (χ0n) is 20.3. The van der Waals surface area contributed by atoms with E-state index in [9.17, 15) is 0 Å². The van der Waals surface area contributed by atoms with Crippen molar-refractivity contribution >= 4 is 13.3 Å². The van der Waals surface area contributed by atoms with E-state index in [1.54, 1.807) is 10.8 Å². The van der Waals surface area contributed by atoms with Crippen molar-refractivity contribution in [2.24, 2.45) is 0 Å². The molecule has 2 rings (SSSR count). The fraction of sp³-hybridized carbons (Fsp3) is 0.630. The third-order valence-corrected chi connectivity index (χ3v) is 15.8. The third-order valence-electron chi connectivity index (χ3n) is 8.42. The van der Waals surface area contributed by atoms with Crippen LogP contribution in [0.1, 0.15) is 93.2 Å². The van der Waals surface area contributed by atoms with Crippen LogP contribution in [-0.4, -0.2) is 8.07 Å². The lowest BCUT2D eigenvalue weighted by molar-refractivity contribution is 0.692. The standard InChI is InChI=1S/C27H44Si/c1-11-20(6)28(21(7)12-2,27(10)18-19(5)22(8)23(27)9)26-16-24(13-3)15-25(14-4)17-26/h15-18,20-21H,11-14H2,1-10H3. The molecule has 3 unspecified atom stereocenters. The summed E-state index contributed by atoms with van der Waals surface area (Å²) in [5, 5.41) is 1.91. The first kappa shape index (κ1) is 23.2. The molecule has 1 heteroatoms. The molecule has 28 heavy (non-hydrogen) atoms. The first-order valence-corrected chi connectivity index (χ1v) is 13.8. The Hall–Kier alpha value is -1.08. The van der Waals surface area contributed by atoms with Crippen LogP contribution in [0.2, 0.25) is 16.1 Å². The van der Waals surface area contributed by atoms with Crippen molar-refractivity contribution in [3.8, 4) is 0 Å². The van der Waals surface area contributed by atoms with E-state index in [0.717, 1.165) is 23.9 Å². The second-order valence-electron chi connectivity index (χ2n) is 9.51. The van der Waals surface area contributed by atoms with Crippen LogP contribution in [0.3, 0.4) is 0 Å². The van der Waals surface area contributed by atoms with Gasteiger partial charge in [0, 0.05) is 5.04 Å². The molecule has 0 aromatic heterocycles. The Morgan fingerprint density at radius 1 is 0.821 bits per heavy atom. The molecular formula is C27H44Si. The molecule has 0 saturated carbocycles. The molecule has 156 valence electrons. The fourth-order valence-corrected chi connectivity index (χ4v) is 14.4. The van der Waals surface area contributed by atoms with E-state index in [4.69, 9.17) is 0 Å². The molecule has 1 aromatic rings.